The standard InChI is InChI=1S/C12H12ClF3N6O/c1-2-21-5-7(13)9(19-21)10(23)20-3-4-22-8(6-20)17-18-11(22)12(14,15)16/h5H,2-4,6H2,1H3. The van der Waals surface area contributed by atoms with Gasteiger partial charge in [-0.2, -0.15) is 18.3 Å². The number of halogens is 4. The molecule has 0 aromatic carbocycles. The Morgan fingerprint density at radius 2 is 2.09 bits per heavy atom. The van der Waals surface area contributed by atoms with Crippen LogP contribution >= 0.6 is 11.6 Å². The molecule has 0 unspecified atom stereocenters. The molecule has 23 heavy (non-hydrogen) atoms. The molecule has 2 aromatic heterocycles. The molecule has 3 heterocycles. The number of aryl methyl sites for hydroxylation is 1. The molecule has 0 aliphatic carbocycles. The van der Waals surface area contributed by atoms with Gasteiger partial charge in [-0.1, -0.05) is 11.6 Å². The summed E-state index contributed by atoms with van der Waals surface area (Å²) in [5.41, 5.74) is 0.0810. The summed E-state index contributed by atoms with van der Waals surface area (Å²) >= 11 is 5.99. The summed E-state index contributed by atoms with van der Waals surface area (Å²) in [6.45, 7) is 2.39. The molecule has 1 aliphatic rings. The number of alkyl halides is 3. The van der Waals surface area contributed by atoms with E-state index in [1.54, 1.807) is 0 Å². The Labute approximate surface area is 133 Å². The summed E-state index contributed by atoms with van der Waals surface area (Å²) in [5, 5.41) is 11.0. The zero-order valence-corrected chi connectivity index (χ0v) is 12.8. The Kier molecular flexibility index (Phi) is 3.78. The number of fused-ring (bicyclic) bond motifs is 1. The lowest BCUT2D eigenvalue weighted by Crippen LogP contribution is -2.39. The molecule has 0 N–H and O–H groups in total. The van der Waals surface area contributed by atoms with Crippen molar-refractivity contribution in [2.75, 3.05) is 6.54 Å². The van der Waals surface area contributed by atoms with Gasteiger partial charge < -0.3 is 9.47 Å². The van der Waals surface area contributed by atoms with E-state index in [0.717, 1.165) is 4.57 Å². The second-order valence-electron chi connectivity index (χ2n) is 5.00. The fourth-order valence-electron chi connectivity index (χ4n) is 2.39. The monoisotopic (exact) mass is 348 g/mol. The van der Waals surface area contributed by atoms with Gasteiger partial charge in [-0.15, -0.1) is 10.2 Å². The molecular formula is C12H12ClF3N6O. The number of hydrogen-bond donors (Lipinski definition) is 0. The number of carbonyl (C=O) groups is 1. The van der Waals surface area contributed by atoms with Gasteiger partial charge in [0.1, 0.15) is 0 Å². The number of rotatable bonds is 2. The van der Waals surface area contributed by atoms with Gasteiger partial charge in [0.25, 0.3) is 5.91 Å². The number of carbonyl (C=O) groups excluding carboxylic acids is 1. The van der Waals surface area contributed by atoms with Gasteiger partial charge in [-0.25, -0.2) is 0 Å². The maximum Gasteiger partial charge on any atom is 0.451 e. The number of hydrogen-bond acceptors (Lipinski definition) is 4. The van der Waals surface area contributed by atoms with Gasteiger partial charge >= 0.3 is 6.18 Å². The van der Waals surface area contributed by atoms with Crippen LogP contribution in [0.1, 0.15) is 29.1 Å². The molecule has 0 spiro atoms. The molecule has 7 nitrogen and oxygen atoms in total. The number of nitrogens with zero attached hydrogens (tertiary/aromatic N) is 6. The van der Waals surface area contributed by atoms with Crippen molar-refractivity contribution in [3.05, 3.63) is 28.6 Å². The molecule has 2 aromatic rings. The third-order valence-corrected chi connectivity index (χ3v) is 3.81. The maximum absolute atomic E-state index is 12.8. The Balaban J connectivity index is 1.83. The van der Waals surface area contributed by atoms with Crippen LogP contribution in [-0.2, 0) is 25.8 Å². The van der Waals surface area contributed by atoms with E-state index in [1.807, 2.05) is 6.92 Å². The van der Waals surface area contributed by atoms with E-state index in [4.69, 9.17) is 11.6 Å². The highest BCUT2D eigenvalue weighted by atomic mass is 35.5. The quantitative estimate of drug-likeness (QED) is 0.830. The summed E-state index contributed by atoms with van der Waals surface area (Å²) in [4.78, 5) is 13.8. The van der Waals surface area contributed by atoms with Gasteiger partial charge in [-0.05, 0) is 6.92 Å². The first-order valence-corrected chi connectivity index (χ1v) is 7.20. The number of aromatic nitrogens is 5. The average Bonchev–Trinajstić information content (AvgIpc) is 3.08. The minimum absolute atomic E-state index is 0.0327. The molecule has 11 heteroatoms. The van der Waals surface area contributed by atoms with E-state index < -0.39 is 17.9 Å². The molecule has 0 radical (unpaired) electrons. The first kappa shape index (κ1) is 15.8. The van der Waals surface area contributed by atoms with Crippen molar-refractivity contribution in [2.45, 2.75) is 32.7 Å². The van der Waals surface area contributed by atoms with Gasteiger partial charge in [0.2, 0.25) is 5.82 Å². The molecule has 1 aliphatic heterocycles. The van der Waals surface area contributed by atoms with Crippen LogP contribution in [0.4, 0.5) is 13.2 Å². The van der Waals surface area contributed by atoms with Crippen LogP contribution in [0, 0.1) is 0 Å². The first-order valence-electron chi connectivity index (χ1n) is 6.82. The fraction of sp³-hybridized carbons (Fsp3) is 0.500. The van der Waals surface area contributed by atoms with Crippen LogP contribution in [0.2, 0.25) is 5.02 Å². The lowest BCUT2D eigenvalue weighted by Gasteiger charge is -2.27. The van der Waals surface area contributed by atoms with Gasteiger partial charge in [-0.3, -0.25) is 9.48 Å². The van der Waals surface area contributed by atoms with Gasteiger partial charge in [0, 0.05) is 25.8 Å². The smallest absolute Gasteiger partial charge is 0.328 e. The Morgan fingerprint density at radius 3 is 2.70 bits per heavy atom. The summed E-state index contributed by atoms with van der Waals surface area (Å²) in [5.74, 6) is -1.40. The van der Waals surface area contributed by atoms with Gasteiger partial charge in [0.15, 0.2) is 11.5 Å². The molecule has 0 saturated heterocycles. The second kappa shape index (κ2) is 5.52. The molecule has 0 bridgehead atoms. The largest absolute Gasteiger partial charge is 0.451 e. The van der Waals surface area contributed by atoms with Crippen LogP contribution < -0.4 is 0 Å². The van der Waals surface area contributed by atoms with Crippen molar-refractivity contribution >= 4 is 17.5 Å². The van der Waals surface area contributed by atoms with E-state index in [2.05, 4.69) is 15.3 Å². The van der Waals surface area contributed by atoms with Crippen molar-refractivity contribution in [3.63, 3.8) is 0 Å². The van der Waals surface area contributed by atoms with Crippen molar-refractivity contribution in [1.29, 1.82) is 0 Å². The third kappa shape index (κ3) is 2.78. The highest BCUT2D eigenvalue weighted by Gasteiger charge is 2.40. The summed E-state index contributed by atoms with van der Waals surface area (Å²) in [6, 6.07) is 0. The minimum Gasteiger partial charge on any atom is -0.328 e. The van der Waals surface area contributed by atoms with Crippen LogP contribution in [-0.4, -0.2) is 41.9 Å². The van der Waals surface area contributed by atoms with Crippen LogP contribution in [0.15, 0.2) is 6.20 Å². The van der Waals surface area contributed by atoms with E-state index in [1.165, 1.54) is 15.8 Å². The minimum atomic E-state index is -4.57. The molecule has 0 saturated carbocycles. The maximum atomic E-state index is 12.8. The van der Waals surface area contributed by atoms with E-state index in [-0.39, 0.29) is 36.2 Å². The predicted molar refractivity (Wildman–Crippen MR) is 72.7 cm³/mol. The second-order valence-corrected chi connectivity index (χ2v) is 5.40. The van der Waals surface area contributed by atoms with Crippen LogP contribution in [0.25, 0.3) is 0 Å². The summed E-state index contributed by atoms with van der Waals surface area (Å²) in [7, 11) is 0. The SMILES string of the molecule is CCn1cc(Cl)c(C(=O)N2CCn3c(nnc3C(F)(F)F)C2)n1. The normalized spacial score (nSPS) is 14.9. The lowest BCUT2D eigenvalue weighted by atomic mass is 10.3. The van der Waals surface area contributed by atoms with Crippen molar-refractivity contribution in [3.8, 4) is 0 Å². The zero-order valence-electron chi connectivity index (χ0n) is 12.0. The molecule has 0 atom stereocenters. The molecule has 1 amide bonds. The molecule has 0 fully saturated rings. The van der Waals surface area contributed by atoms with E-state index in [9.17, 15) is 18.0 Å². The topological polar surface area (TPSA) is 68.8 Å². The van der Waals surface area contributed by atoms with E-state index in [0.29, 0.717) is 6.54 Å². The number of amides is 1. The Hall–Kier alpha value is -2.10. The average molecular weight is 349 g/mol. The predicted octanol–water partition coefficient (Wildman–Crippen LogP) is 1.82. The molecule has 124 valence electrons. The Morgan fingerprint density at radius 1 is 1.35 bits per heavy atom. The van der Waals surface area contributed by atoms with Crippen LogP contribution in [0.5, 0.6) is 0 Å². The lowest BCUT2D eigenvalue weighted by molar-refractivity contribution is -0.147. The van der Waals surface area contributed by atoms with Crippen LogP contribution in [0.3, 0.4) is 0 Å². The van der Waals surface area contributed by atoms with Crippen molar-refractivity contribution in [2.24, 2.45) is 0 Å². The molecular weight excluding hydrogens is 337 g/mol. The highest BCUT2D eigenvalue weighted by Crippen LogP contribution is 2.29. The van der Waals surface area contributed by atoms with Gasteiger partial charge in [0.05, 0.1) is 11.6 Å². The summed E-state index contributed by atoms with van der Waals surface area (Å²) in [6.07, 6.45) is -3.04. The zero-order chi connectivity index (χ0) is 16.8. The third-order valence-electron chi connectivity index (χ3n) is 3.54. The Bertz CT molecular complexity index is 753. The van der Waals surface area contributed by atoms with Crippen molar-refractivity contribution in [1.82, 2.24) is 29.4 Å². The highest BCUT2D eigenvalue weighted by molar-refractivity contribution is 6.33. The molecule has 3 rings (SSSR count). The fourth-order valence-corrected chi connectivity index (χ4v) is 2.63. The summed E-state index contributed by atoms with van der Waals surface area (Å²) < 4.78 is 40.9. The van der Waals surface area contributed by atoms with Crippen molar-refractivity contribution < 1.29 is 18.0 Å². The first-order chi connectivity index (χ1) is 10.8. The van der Waals surface area contributed by atoms with E-state index >= 15 is 0 Å².